The van der Waals surface area contributed by atoms with E-state index in [-0.39, 0.29) is 0 Å². The van der Waals surface area contributed by atoms with Crippen LogP contribution in [-0.2, 0) is 17.2 Å². The van der Waals surface area contributed by atoms with Crippen LogP contribution in [0.3, 0.4) is 0 Å². The number of nitrogens with zero attached hydrogens (tertiary/aromatic N) is 2. The second-order valence-electron chi connectivity index (χ2n) is 7.15. The molecule has 0 aliphatic heterocycles. The summed E-state index contributed by atoms with van der Waals surface area (Å²) in [5, 5.41) is 3.88. The predicted molar refractivity (Wildman–Crippen MR) is 91.4 cm³/mol. The SMILES string of the molecule is Cn1cc(C(C)(CN)CNC(=O)OC(C)(C)C)c2cccnc21. The van der Waals surface area contributed by atoms with E-state index in [0.717, 1.165) is 16.6 Å². The van der Waals surface area contributed by atoms with Crippen molar-refractivity contribution >= 4 is 17.1 Å². The van der Waals surface area contributed by atoms with Crippen LogP contribution in [0.15, 0.2) is 24.5 Å². The molecule has 6 nitrogen and oxygen atoms in total. The molecule has 0 saturated heterocycles. The Balaban J connectivity index is 2.24. The molecule has 2 heterocycles. The summed E-state index contributed by atoms with van der Waals surface area (Å²) in [6, 6.07) is 3.93. The Morgan fingerprint density at radius 3 is 2.70 bits per heavy atom. The lowest BCUT2D eigenvalue weighted by Gasteiger charge is -2.29. The van der Waals surface area contributed by atoms with Crippen LogP contribution in [0.1, 0.15) is 33.3 Å². The number of aromatic nitrogens is 2. The van der Waals surface area contributed by atoms with Crippen LogP contribution in [0.2, 0.25) is 0 Å². The van der Waals surface area contributed by atoms with Crippen LogP contribution in [0.4, 0.5) is 4.79 Å². The highest BCUT2D eigenvalue weighted by atomic mass is 16.6. The molecule has 2 rings (SSSR count). The van der Waals surface area contributed by atoms with Crippen LogP contribution in [0, 0.1) is 0 Å². The van der Waals surface area contributed by atoms with Crippen molar-refractivity contribution in [2.24, 2.45) is 12.8 Å². The van der Waals surface area contributed by atoms with Gasteiger partial charge in [0.25, 0.3) is 0 Å². The van der Waals surface area contributed by atoms with Crippen molar-refractivity contribution in [3.05, 3.63) is 30.1 Å². The smallest absolute Gasteiger partial charge is 0.407 e. The lowest BCUT2D eigenvalue weighted by Crippen LogP contribution is -2.45. The van der Waals surface area contributed by atoms with E-state index in [1.54, 1.807) is 6.20 Å². The highest BCUT2D eigenvalue weighted by Crippen LogP contribution is 2.30. The summed E-state index contributed by atoms with van der Waals surface area (Å²) >= 11 is 0. The number of pyridine rings is 1. The van der Waals surface area contributed by atoms with Crippen LogP contribution in [-0.4, -0.2) is 34.3 Å². The number of nitrogens with two attached hydrogens (primary N) is 1. The number of nitrogens with one attached hydrogen (secondary N) is 1. The summed E-state index contributed by atoms with van der Waals surface area (Å²) in [4.78, 5) is 16.3. The lowest BCUT2D eigenvalue weighted by molar-refractivity contribution is 0.0516. The van der Waals surface area contributed by atoms with Crippen LogP contribution < -0.4 is 11.1 Å². The molecule has 126 valence electrons. The van der Waals surface area contributed by atoms with Gasteiger partial charge >= 0.3 is 6.09 Å². The van der Waals surface area contributed by atoms with Crippen molar-refractivity contribution in [3.8, 4) is 0 Å². The monoisotopic (exact) mass is 318 g/mol. The van der Waals surface area contributed by atoms with Gasteiger partial charge < -0.3 is 20.4 Å². The Labute approximate surface area is 137 Å². The molecule has 23 heavy (non-hydrogen) atoms. The van der Waals surface area contributed by atoms with Crippen LogP contribution in [0.25, 0.3) is 11.0 Å². The average molecular weight is 318 g/mol. The number of hydrogen-bond acceptors (Lipinski definition) is 4. The van der Waals surface area contributed by atoms with E-state index in [1.165, 1.54) is 0 Å². The zero-order chi connectivity index (χ0) is 17.3. The van der Waals surface area contributed by atoms with Crippen molar-refractivity contribution in [1.82, 2.24) is 14.9 Å². The third-order valence-electron chi connectivity index (χ3n) is 3.86. The van der Waals surface area contributed by atoms with E-state index >= 15 is 0 Å². The van der Waals surface area contributed by atoms with Crippen molar-refractivity contribution in [2.75, 3.05) is 13.1 Å². The molecule has 6 heteroatoms. The van der Waals surface area contributed by atoms with Crippen LogP contribution in [0.5, 0.6) is 0 Å². The van der Waals surface area contributed by atoms with Gasteiger partial charge in [-0.3, -0.25) is 0 Å². The maximum absolute atomic E-state index is 11.9. The molecule has 2 aromatic rings. The third-order valence-corrected chi connectivity index (χ3v) is 3.86. The fraction of sp³-hybridized carbons (Fsp3) is 0.529. The van der Waals surface area contributed by atoms with E-state index in [4.69, 9.17) is 10.5 Å². The number of amides is 1. The van der Waals surface area contributed by atoms with E-state index in [9.17, 15) is 4.79 Å². The Kier molecular flexibility index (Phi) is 4.66. The van der Waals surface area contributed by atoms with Gasteiger partial charge in [0, 0.05) is 43.3 Å². The fourth-order valence-electron chi connectivity index (χ4n) is 2.55. The molecular weight excluding hydrogens is 292 g/mol. The number of fused-ring (bicyclic) bond motifs is 1. The Morgan fingerprint density at radius 2 is 2.09 bits per heavy atom. The van der Waals surface area contributed by atoms with Gasteiger partial charge in [-0.2, -0.15) is 0 Å². The van der Waals surface area contributed by atoms with Crippen LogP contribution >= 0.6 is 0 Å². The van der Waals surface area contributed by atoms with Gasteiger partial charge in [-0.1, -0.05) is 6.92 Å². The number of carbonyl (C=O) groups is 1. The molecule has 0 aliphatic rings. The topological polar surface area (TPSA) is 82.2 Å². The average Bonchev–Trinajstić information content (AvgIpc) is 2.81. The fourth-order valence-corrected chi connectivity index (χ4v) is 2.55. The van der Waals surface area contributed by atoms with Crippen molar-refractivity contribution in [1.29, 1.82) is 0 Å². The molecular formula is C17H26N4O2. The minimum absolute atomic E-state index is 0.395. The number of rotatable bonds is 4. The molecule has 0 aliphatic carbocycles. The van der Waals surface area contributed by atoms with Crippen molar-refractivity contribution in [3.63, 3.8) is 0 Å². The Bertz CT molecular complexity index is 702. The van der Waals surface area contributed by atoms with Gasteiger partial charge in [-0.15, -0.1) is 0 Å². The standard InChI is InChI=1S/C17H26N4O2/c1-16(2,3)23-15(22)20-11-17(4,10-18)13-9-21(5)14-12(13)7-6-8-19-14/h6-9H,10-11,18H2,1-5H3,(H,20,22). The van der Waals surface area contributed by atoms with Gasteiger partial charge in [-0.25, -0.2) is 9.78 Å². The predicted octanol–water partition coefficient (Wildman–Crippen LogP) is 2.31. The number of carbonyl (C=O) groups excluding carboxylic acids is 1. The van der Waals surface area contributed by atoms with Gasteiger partial charge in [0.1, 0.15) is 11.2 Å². The second-order valence-corrected chi connectivity index (χ2v) is 7.15. The molecule has 3 N–H and O–H groups in total. The Hall–Kier alpha value is -2.08. The molecule has 0 radical (unpaired) electrons. The molecule has 0 bridgehead atoms. The molecule has 0 aromatic carbocycles. The molecule has 0 saturated carbocycles. The second kappa shape index (κ2) is 6.20. The first-order valence-electron chi connectivity index (χ1n) is 7.74. The van der Waals surface area contributed by atoms with E-state index in [2.05, 4.69) is 10.3 Å². The number of ether oxygens (including phenoxy) is 1. The minimum Gasteiger partial charge on any atom is -0.444 e. The summed E-state index contributed by atoms with van der Waals surface area (Å²) < 4.78 is 7.28. The van der Waals surface area contributed by atoms with Crippen molar-refractivity contribution < 1.29 is 9.53 Å². The summed E-state index contributed by atoms with van der Waals surface area (Å²) in [7, 11) is 1.96. The quantitative estimate of drug-likeness (QED) is 0.906. The van der Waals surface area contributed by atoms with E-state index < -0.39 is 17.1 Å². The maximum atomic E-state index is 11.9. The number of aryl methyl sites for hydroxylation is 1. The van der Waals surface area contributed by atoms with Gasteiger partial charge in [0.2, 0.25) is 0 Å². The third kappa shape index (κ3) is 3.82. The largest absolute Gasteiger partial charge is 0.444 e. The van der Waals surface area contributed by atoms with Gasteiger partial charge in [0.05, 0.1) is 0 Å². The normalized spacial score (nSPS) is 14.5. The first-order valence-corrected chi connectivity index (χ1v) is 7.74. The van der Waals surface area contributed by atoms with Gasteiger partial charge in [-0.05, 0) is 38.5 Å². The van der Waals surface area contributed by atoms with E-state index in [1.807, 2.05) is 57.6 Å². The van der Waals surface area contributed by atoms with Crippen molar-refractivity contribution in [2.45, 2.75) is 38.7 Å². The molecule has 0 fully saturated rings. The summed E-state index contributed by atoms with van der Waals surface area (Å²) in [5.41, 5.74) is 7.08. The molecule has 1 amide bonds. The highest BCUT2D eigenvalue weighted by Gasteiger charge is 2.30. The molecule has 2 aromatic heterocycles. The first kappa shape index (κ1) is 17.3. The number of hydrogen-bond donors (Lipinski definition) is 2. The Morgan fingerprint density at radius 1 is 1.39 bits per heavy atom. The summed E-state index contributed by atoms with van der Waals surface area (Å²) in [5.74, 6) is 0. The molecule has 1 unspecified atom stereocenters. The summed E-state index contributed by atoms with van der Waals surface area (Å²) in [6.45, 7) is 8.34. The maximum Gasteiger partial charge on any atom is 0.407 e. The zero-order valence-corrected chi connectivity index (χ0v) is 14.5. The lowest BCUT2D eigenvalue weighted by atomic mass is 9.82. The minimum atomic E-state index is -0.521. The van der Waals surface area contributed by atoms with E-state index in [0.29, 0.717) is 13.1 Å². The molecule has 1 atom stereocenters. The van der Waals surface area contributed by atoms with Gasteiger partial charge in [0.15, 0.2) is 0 Å². The molecule has 0 spiro atoms. The summed E-state index contributed by atoms with van der Waals surface area (Å²) in [6.07, 6.45) is 3.36. The first-order chi connectivity index (χ1) is 10.7. The zero-order valence-electron chi connectivity index (χ0n) is 14.5. The number of alkyl carbamates (subject to hydrolysis) is 1. The highest BCUT2D eigenvalue weighted by molar-refractivity contribution is 5.82.